The van der Waals surface area contributed by atoms with Gasteiger partial charge in [0.05, 0.1) is 0 Å². The van der Waals surface area contributed by atoms with E-state index in [1.54, 1.807) is 12.3 Å². The van der Waals surface area contributed by atoms with Gasteiger partial charge in [-0.1, -0.05) is 6.07 Å². The van der Waals surface area contributed by atoms with Crippen molar-refractivity contribution in [2.45, 2.75) is 19.8 Å². The summed E-state index contributed by atoms with van der Waals surface area (Å²) >= 11 is 0. The molecule has 1 fully saturated rings. The van der Waals surface area contributed by atoms with Gasteiger partial charge in [-0.3, -0.25) is 18.8 Å². The fourth-order valence-electron chi connectivity index (χ4n) is 2.97. The molecule has 7 heteroatoms. The Balaban J connectivity index is 2.04. The molecule has 0 aliphatic carbocycles. The topological polar surface area (TPSA) is 97.8 Å². The second kappa shape index (κ2) is 5.83. The Labute approximate surface area is 132 Å². The maximum absolute atomic E-state index is 12.5. The molecule has 0 aromatic carbocycles. The SMILES string of the molecule is Cc1ccc2nc(N3CCC(C(N)=O)CC3)c(C=O)c(=O)n2c1. The van der Waals surface area contributed by atoms with Crippen LogP contribution in [0.1, 0.15) is 28.8 Å². The quantitative estimate of drug-likeness (QED) is 0.833. The third kappa shape index (κ3) is 2.69. The zero-order chi connectivity index (χ0) is 16.6. The first-order valence-corrected chi connectivity index (χ1v) is 7.53. The first kappa shape index (κ1) is 15.2. The predicted molar refractivity (Wildman–Crippen MR) is 85.7 cm³/mol. The molecule has 0 atom stereocenters. The molecule has 0 bridgehead atoms. The van der Waals surface area contributed by atoms with Crippen molar-refractivity contribution in [1.29, 1.82) is 0 Å². The van der Waals surface area contributed by atoms with E-state index in [4.69, 9.17) is 5.73 Å². The van der Waals surface area contributed by atoms with E-state index in [-0.39, 0.29) is 22.9 Å². The number of carbonyl (C=O) groups excluding carboxylic acids is 2. The van der Waals surface area contributed by atoms with Crippen LogP contribution in [0.25, 0.3) is 5.65 Å². The van der Waals surface area contributed by atoms with Gasteiger partial charge in [0.25, 0.3) is 5.56 Å². The number of fused-ring (bicyclic) bond motifs is 1. The molecule has 0 radical (unpaired) electrons. The number of pyridine rings is 1. The standard InChI is InChI=1S/C16H18N4O3/c1-10-2-3-13-18-15(12(9-21)16(23)20(13)8-10)19-6-4-11(5-7-19)14(17)22/h2-3,8-9,11H,4-7H2,1H3,(H2,17,22). The zero-order valence-corrected chi connectivity index (χ0v) is 12.9. The van der Waals surface area contributed by atoms with Crippen molar-refractivity contribution in [2.75, 3.05) is 18.0 Å². The molecule has 120 valence electrons. The summed E-state index contributed by atoms with van der Waals surface area (Å²) in [5, 5.41) is 0. The van der Waals surface area contributed by atoms with E-state index < -0.39 is 0 Å². The summed E-state index contributed by atoms with van der Waals surface area (Å²) in [7, 11) is 0. The molecule has 1 amide bonds. The van der Waals surface area contributed by atoms with Crippen LogP contribution in [0.3, 0.4) is 0 Å². The monoisotopic (exact) mass is 314 g/mol. The van der Waals surface area contributed by atoms with Crippen LogP contribution >= 0.6 is 0 Å². The number of carbonyl (C=O) groups is 2. The molecule has 0 spiro atoms. The number of aldehydes is 1. The number of primary amides is 1. The first-order chi connectivity index (χ1) is 11.0. The number of amides is 1. The first-order valence-electron chi connectivity index (χ1n) is 7.53. The highest BCUT2D eigenvalue weighted by Gasteiger charge is 2.26. The lowest BCUT2D eigenvalue weighted by atomic mass is 9.96. The van der Waals surface area contributed by atoms with E-state index in [9.17, 15) is 14.4 Å². The van der Waals surface area contributed by atoms with E-state index in [1.807, 2.05) is 17.9 Å². The number of aryl methyl sites for hydroxylation is 1. The number of piperidine rings is 1. The Kier molecular flexibility index (Phi) is 3.85. The highest BCUT2D eigenvalue weighted by atomic mass is 16.1. The molecular weight excluding hydrogens is 296 g/mol. The Bertz CT molecular complexity index is 835. The lowest BCUT2D eigenvalue weighted by Crippen LogP contribution is -2.40. The predicted octanol–water partition coefficient (Wildman–Crippen LogP) is 0.517. The smallest absolute Gasteiger partial charge is 0.270 e. The van der Waals surface area contributed by atoms with Crippen LogP contribution in [0.5, 0.6) is 0 Å². The van der Waals surface area contributed by atoms with Gasteiger partial charge in [-0.15, -0.1) is 0 Å². The molecule has 1 saturated heterocycles. The van der Waals surface area contributed by atoms with Gasteiger partial charge in [0.15, 0.2) is 6.29 Å². The molecule has 2 aromatic heterocycles. The van der Waals surface area contributed by atoms with Gasteiger partial charge < -0.3 is 10.6 Å². The van der Waals surface area contributed by atoms with Gasteiger partial charge >= 0.3 is 0 Å². The highest BCUT2D eigenvalue weighted by molar-refractivity contribution is 5.83. The van der Waals surface area contributed by atoms with Crippen molar-refractivity contribution in [3.8, 4) is 0 Å². The summed E-state index contributed by atoms with van der Waals surface area (Å²) < 4.78 is 1.39. The number of rotatable bonds is 3. The van der Waals surface area contributed by atoms with Gasteiger partial charge in [-0.05, 0) is 31.4 Å². The van der Waals surface area contributed by atoms with Gasteiger partial charge in [0, 0.05) is 25.2 Å². The molecule has 2 aromatic rings. The average Bonchev–Trinajstić information content (AvgIpc) is 2.55. The number of nitrogens with zero attached hydrogens (tertiary/aromatic N) is 3. The van der Waals surface area contributed by atoms with E-state index in [0.29, 0.717) is 43.7 Å². The maximum Gasteiger partial charge on any atom is 0.270 e. The Morgan fingerprint density at radius 1 is 1.35 bits per heavy atom. The number of aromatic nitrogens is 2. The number of anilines is 1. The molecule has 1 aliphatic rings. The number of nitrogens with two attached hydrogens (primary N) is 1. The van der Waals surface area contributed by atoms with Crippen LogP contribution < -0.4 is 16.2 Å². The molecule has 2 N–H and O–H groups in total. The van der Waals surface area contributed by atoms with Crippen molar-refractivity contribution in [2.24, 2.45) is 11.7 Å². The summed E-state index contributed by atoms with van der Waals surface area (Å²) in [6, 6.07) is 3.62. The molecule has 7 nitrogen and oxygen atoms in total. The van der Waals surface area contributed by atoms with Crippen LogP contribution in [0.2, 0.25) is 0 Å². The fourth-order valence-corrected chi connectivity index (χ4v) is 2.97. The normalized spacial score (nSPS) is 15.8. The van der Waals surface area contributed by atoms with Crippen molar-refractivity contribution in [3.63, 3.8) is 0 Å². The van der Waals surface area contributed by atoms with Gasteiger partial charge in [0.2, 0.25) is 5.91 Å². The molecule has 0 saturated carbocycles. The summed E-state index contributed by atoms with van der Waals surface area (Å²) in [4.78, 5) is 41.6. The van der Waals surface area contributed by atoms with Crippen LogP contribution in [0.4, 0.5) is 5.82 Å². The molecular formula is C16H18N4O3. The van der Waals surface area contributed by atoms with Crippen molar-refractivity contribution >= 4 is 23.7 Å². The highest BCUT2D eigenvalue weighted by Crippen LogP contribution is 2.23. The zero-order valence-electron chi connectivity index (χ0n) is 12.9. The van der Waals surface area contributed by atoms with Gasteiger partial charge in [-0.2, -0.15) is 0 Å². The fraction of sp³-hybridized carbons (Fsp3) is 0.375. The lowest BCUT2D eigenvalue weighted by Gasteiger charge is -2.32. The Hall–Kier alpha value is -2.70. The van der Waals surface area contributed by atoms with Crippen molar-refractivity contribution in [3.05, 3.63) is 39.8 Å². The minimum Gasteiger partial charge on any atom is -0.369 e. The van der Waals surface area contributed by atoms with Crippen molar-refractivity contribution in [1.82, 2.24) is 9.38 Å². The van der Waals surface area contributed by atoms with Crippen LogP contribution in [-0.4, -0.2) is 34.7 Å². The minimum atomic E-state index is -0.374. The molecule has 1 aliphatic heterocycles. The second-order valence-electron chi connectivity index (χ2n) is 5.87. The third-order valence-electron chi connectivity index (χ3n) is 4.30. The van der Waals surface area contributed by atoms with E-state index in [1.165, 1.54) is 4.40 Å². The molecule has 3 rings (SSSR count). The van der Waals surface area contributed by atoms with Crippen molar-refractivity contribution < 1.29 is 9.59 Å². The molecule has 3 heterocycles. The van der Waals surface area contributed by atoms with Gasteiger partial charge in [0.1, 0.15) is 17.0 Å². The number of hydrogen-bond donors (Lipinski definition) is 1. The number of hydrogen-bond acceptors (Lipinski definition) is 5. The summed E-state index contributed by atoms with van der Waals surface area (Å²) in [5.74, 6) is -0.0748. The van der Waals surface area contributed by atoms with Gasteiger partial charge in [-0.25, -0.2) is 4.98 Å². The van der Waals surface area contributed by atoms with Crippen LogP contribution in [0.15, 0.2) is 23.1 Å². The summed E-state index contributed by atoms with van der Waals surface area (Å²) in [6.45, 7) is 2.96. The van der Waals surface area contributed by atoms with E-state index >= 15 is 0 Å². The maximum atomic E-state index is 12.5. The molecule has 23 heavy (non-hydrogen) atoms. The Morgan fingerprint density at radius 2 is 2.04 bits per heavy atom. The summed E-state index contributed by atoms with van der Waals surface area (Å²) in [5.41, 5.74) is 6.42. The van der Waals surface area contributed by atoms with Crippen LogP contribution in [0, 0.1) is 12.8 Å². The second-order valence-corrected chi connectivity index (χ2v) is 5.87. The average molecular weight is 314 g/mol. The van der Waals surface area contributed by atoms with E-state index in [0.717, 1.165) is 5.56 Å². The minimum absolute atomic E-state index is 0.0469. The summed E-state index contributed by atoms with van der Waals surface area (Å²) in [6.07, 6.45) is 3.42. The van der Waals surface area contributed by atoms with Crippen LogP contribution in [-0.2, 0) is 4.79 Å². The molecule has 0 unspecified atom stereocenters. The van der Waals surface area contributed by atoms with E-state index in [2.05, 4.69) is 4.98 Å². The Morgan fingerprint density at radius 3 is 2.65 bits per heavy atom. The largest absolute Gasteiger partial charge is 0.369 e. The lowest BCUT2D eigenvalue weighted by molar-refractivity contribution is -0.122. The third-order valence-corrected chi connectivity index (χ3v) is 4.30.